The maximum Gasteiger partial charge on any atom is 0.249 e. The molecule has 0 spiro atoms. The first-order valence-corrected chi connectivity index (χ1v) is 12.0. The molecule has 3 aromatic carbocycles. The molecule has 0 radical (unpaired) electrons. The van der Waals surface area contributed by atoms with Crippen molar-refractivity contribution in [2.45, 2.75) is 25.4 Å². The zero-order valence-corrected chi connectivity index (χ0v) is 20.3. The minimum atomic E-state index is -0.858. The van der Waals surface area contributed by atoms with Crippen LogP contribution in [0.15, 0.2) is 42.5 Å². The van der Waals surface area contributed by atoms with Crippen molar-refractivity contribution < 1.29 is 18.3 Å². The van der Waals surface area contributed by atoms with Gasteiger partial charge in [0.05, 0.1) is 10.6 Å². The number of hydrogen-bond donors (Lipinski definition) is 2. The van der Waals surface area contributed by atoms with Crippen LogP contribution >= 0.6 is 11.6 Å². The lowest BCUT2D eigenvalue weighted by Crippen LogP contribution is -2.41. The molecule has 0 fully saturated rings. The van der Waals surface area contributed by atoms with Crippen molar-refractivity contribution in [2.24, 2.45) is 5.73 Å². The summed E-state index contributed by atoms with van der Waals surface area (Å²) in [6, 6.07) is 12.4. The maximum absolute atomic E-state index is 16.2. The van der Waals surface area contributed by atoms with Crippen molar-refractivity contribution >= 4 is 23.2 Å². The fourth-order valence-electron chi connectivity index (χ4n) is 5.42. The van der Waals surface area contributed by atoms with Crippen LogP contribution in [0.2, 0.25) is 5.02 Å². The molecule has 3 aromatic rings. The highest BCUT2D eigenvalue weighted by molar-refractivity contribution is 6.34. The summed E-state index contributed by atoms with van der Waals surface area (Å²) in [4.78, 5) is 14.5. The third-order valence-electron chi connectivity index (χ3n) is 7.03. The van der Waals surface area contributed by atoms with Crippen LogP contribution in [0, 0.1) is 11.6 Å². The molecule has 35 heavy (non-hydrogen) atoms. The van der Waals surface area contributed by atoms with Gasteiger partial charge in [-0.15, -0.1) is 0 Å². The van der Waals surface area contributed by atoms with E-state index in [1.807, 2.05) is 42.2 Å². The Balaban J connectivity index is 1.77. The molecule has 5 nitrogen and oxygen atoms in total. The molecule has 0 unspecified atom stereocenters. The number of anilines is 1. The molecule has 1 atom stereocenters. The maximum atomic E-state index is 16.2. The van der Waals surface area contributed by atoms with Gasteiger partial charge in [0.1, 0.15) is 17.4 Å². The molecular weight excluding hydrogens is 472 g/mol. The van der Waals surface area contributed by atoms with Crippen LogP contribution in [0.5, 0.6) is 5.75 Å². The van der Waals surface area contributed by atoms with Crippen LogP contribution in [0.3, 0.4) is 0 Å². The van der Waals surface area contributed by atoms with Gasteiger partial charge in [-0.2, -0.15) is 0 Å². The van der Waals surface area contributed by atoms with Gasteiger partial charge in [0.25, 0.3) is 0 Å². The average molecular weight is 498 g/mol. The van der Waals surface area contributed by atoms with E-state index in [0.29, 0.717) is 49.3 Å². The molecule has 0 aromatic heterocycles. The monoisotopic (exact) mass is 497 g/mol. The first-order valence-electron chi connectivity index (χ1n) is 11.6. The summed E-state index contributed by atoms with van der Waals surface area (Å²) < 4.78 is 37.7. The summed E-state index contributed by atoms with van der Waals surface area (Å²) in [5.74, 6) is -1.87. The van der Waals surface area contributed by atoms with Gasteiger partial charge in [-0.1, -0.05) is 41.9 Å². The number of carbonyl (C=O) groups is 1. The molecule has 1 amide bonds. The van der Waals surface area contributed by atoms with E-state index >= 15 is 8.78 Å². The summed E-state index contributed by atoms with van der Waals surface area (Å²) in [6.07, 6.45) is 0.777. The van der Waals surface area contributed by atoms with Crippen LogP contribution in [0.25, 0.3) is 11.1 Å². The Morgan fingerprint density at radius 1 is 1.20 bits per heavy atom. The molecule has 2 aliphatic heterocycles. The Morgan fingerprint density at radius 2 is 1.94 bits per heavy atom. The summed E-state index contributed by atoms with van der Waals surface area (Å²) in [6.45, 7) is 3.67. The number of fused-ring (bicyclic) bond motifs is 2. The first-order chi connectivity index (χ1) is 16.8. The van der Waals surface area contributed by atoms with E-state index in [4.69, 9.17) is 22.1 Å². The van der Waals surface area contributed by atoms with Gasteiger partial charge in [0.15, 0.2) is 5.60 Å². The van der Waals surface area contributed by atoms with Gasteiger partial charge in [-0.25, -0.2) is 8.78 Å². The van der Waals surface area contributed by atoms with Crippen molar-refractivity contribution in [3.8, 4) is 16.9 Å². The van der Waals surface area contributed by atoms with E-state index in [2.05, 4.69) is 5.32 Å². The summed E-state index contributed by atoms with van der Waals surface area (Å²) in [7, 11) is 1.80. The van der Waals surface area contributed by atoms with Crippen LogP contribution in [0.1, 0.15) is 34.0 Å². The number of likely N-dealkylation sites (N-methyl/N-ethyl adjacent to an activating group) is 2. The molecule has 5 rings (SSSR count). The number of nitrogens with zero attached hydrogens (tertiary/aromatic N) is 1. The van der Waals surface area contributed by atoms with E-state index in [9.17, 15) is 4.79 Å². The largest absolute Gasteiger partial charge is 0.480 e. The number of nitrogens with two attached hydrogens (primary N) is 1. The molecule has 8 heteroatoms. The zero-order chi connectivity index (χ0) is 24.9. The fraction of sp³-hybridized carbons (Fsp3) is 0.296. The summed E-state index contributed by atoms with van der Waals surface area (Å²) >= 11 is 6.51. The highest BCUT2D eigenvalue weighted by Gasteiger charge is 2.44. The lowest BCUT2D eigenvalue weighted by molar-refractivity contribution is 0.0940. The fourth-order valence-corrected chi connectivity index (χ4v) is 5.68. The standard InChI is InChI=1S/C27H26ClF2N3O2/c1-3-33-10-9-16-20(33)11-17(26(31)34)23(25(16)30)22-18-13-27(14-32-2,15-7-5-4-6-8-15)35-21(18)12-19(29)24(22)28/h4-8,11-12,32H,3,9-10,13-14H2,1-2H3,(H2,31,34)/t27-/m1/s1. The van der Waals surface area contributed by atoms with Gasteiger partial charge in [-0.3, -0.25) is 4.79 Å². The van der Waals surface area contributed by atoms with Crippen LogP contribution in [-0.4, -0.2) is 32.6 Å². The summed E-state index contributed by atoms with van der Waals surface area (Å²) in [5, 5.41) is 2.90. The Morgan fingerprint density at radius 3 is 2.60 bits per heavy atom. The highest BCUT2D eigenvalue weighted by atomic mass is 35.5. The van der Waals surface area contributed by atoms with Gasteiger partial charge >= 0.3 is 0 Å². The quantitative estimate of drug-likeness (QED) is 0.512. The Labute approximate surface area is 207 Å². The molecule has 0 saturated carbocycles. The van der Waals surface area contributed by atoms with Crippen molar-refractivity contribution in [3.63, 3.8) is 0 Å². The van der Waals surface area contributed by atoms with E-state index in [1.54, 1.807) is 13.1 Å². The molecule has 0 bridgehead atoms. The Kier molecular flexibility index (Phi) is 5.93. The van der Waals surface area contributed by atoms with Crippen molar-refractivity contribution in [3.05, 3.63) is 81.4 Å². The minimum Gasteiger partial charge on any atom is -0.480 e. The van der Waals surface area contributed by atoms with Gasteiger partial charge in [0, 0.05) is 60.1 Å². The predicted octanol–water partition coefficient (Wildman–Crippen LogP) is 4.82. The first kappa shape index (κ1) is 23.6. The highest BCUT2D eigenvalue weighted by Crippen LogP contribution is 2.51. The van der Waals surface area contributed by atoms with E-state index in [1.165, 1.54) is 6.07 Å². The van der Waals surface area contributed by atoms with Crippen molar-refractivity contribution in [1.82, 2.24) is 5.32 Å². The predicted molar refractivity (Wildman–Crippen MR) is 133 cm³/mol. The third-order valence-corrected chi connectivity index (χ3v) is 7.40. The number of benzene rings is 3. The van der Waals surface area contributed by atoms with Gasteiger partial charge < -0.3 is 20.7 Å². The Hall–Kier alpha value is -3.16. The lowest BCUT2D eigenvalue weighted by atomic mass is 9.84. The molecule has 3 N–H and O–H groups in total. The summed E-state index contributed by atoms with van der Waals surface area (Å²) in [5.41, 5.74) is 7.44. The topological polar surface area (TPSA) is 67.6 Å². The Bertz CT molecular complexity index is 1330. The normalized spacial score (nSPS) is 18.4. The van der Waals surface area contributed by atoms with Gasteiger partial charge in [-0.05, 0) is 32.0 Å². The zero-order valence-electron chi connectivity index (χ0n) is 19.6. The molecular formula is C27H26ClF2N3O2. The second kappa shape index (κ2) is 8.81. The molecule has 2 aliphatic rings. The number of rotatable bonds is 6. The SMILES string of the molecule is CCN1CCc2c1cc(C(N)=O)c(-c1c(Cl)c(F)cc3c1C[C@@](CNC)(c1ccccc1)O3)c2F. The van der Waals surface area contributed by atoms with Crippen molar-refractivity contribution in [1.29, 1.82) is 0 Å². The van der Waals surface area contributed by atoms with Gasteiger partial charge in [0.2, 0.25) is 5.91 Å². The molecule has 0 saturated heterocycles. The second-order valence-electron chi connectivity index (χ2n) is 9.00. The molecule has 182 valence electrons. The number of halogens is 3. The van der Waals surface area contributed by atoms with Crippen LogP contribution < -0.4 is 20.7 Å². The molecule has 0 aliphatic carbocycles. The number of nitrogens with one attached hydrogen (secondary N) is 1. The van der Waals surface area contributed by atoms with Crippen molar-refractivity contribution in [2.75, 3.05) is 31.6 Å². The number of hydrogen-bond acceptors (Lipinski definition) is 4. The van der Waals surface area contributed by atoms with E-state index in [-0.39, 0.29) is 27.5 Å². The third kappa shape index (κ3) is 3.65. The smallest absolute Gasteiger partial charge is 0.249 e. The van der Waals surface area contributed by atoms with Crippen LogP contribution in [0.4, 0.5) is 14.5 Å². The minimum absolute atomic E-state index is 0.0258. The number of ether oxygens (including phenoxy) is 1. The average Bonchev–Trinajstić information content (AvgIpc) is 3.43. The lowest BCUT2D eigenvalue weighted by Gasteiger charge is -2.29. The second-order valence-corrected chi connectivity index (χ2v) is 9.38. The van der Waals surface area contributed by atoms with E-state index < -0.39 is 23.1 Å². The number of primary amides is 1. The number of carbonyl (C=O) groups excluding carboxylic acids is 1. The number of amides is 1. The van der Waals surface area contributed by atoms with Crippen LogP contribution in [-0.2, 0) is 18.4 Å². The molecule has 2 heterocycles. The van der Waals surface area contributed by atoms with E-state index in [0.717, 1.165) is 5.56 Å².